The fraction of sp³-hybridized carbons (Fsp3) is 0.625. The van der Waals surface area contributed by atoms with Gasteiger partial charge < -0.3 is 19.9 Å². The molecule has 0 saturated heterocycles. The van der Waals surface area contributed by atoms with Crippen LogP contribution in [0.5, 0.6) is 11.5 Å². The van der Waals surface area contributed by atoms with Crippen molar-refractivity contribution >= 4 is 11.8 Å². The maximum Gasteiger partial charge on any atom is 0.122 e. The summed E-state index contributed by atoms with van der Waals surface area (Å²) in [6.07, 6.45) is 1.55. The smallest absolute Gasteiger partial charge is 0.122 e. The van der Waals surface area contributed by atoms with Gasteiger partial charge in [-0.15, -0.1) is 0 Å². The van der Waals surface area contributed by atoms with Gasteiger partial charge in [0.1, 0.15) is 24.2 Å². The number of hydrogen-bond acceptors (Lipinski definition) is 5. The van der Waals surface area contributed by atoms with Crippen LogP contribution in [0.3, 0.4) is 0 Å². The van der Waals surface area contributed by atoms with Crippen molar-refractivity contribution in [2.75, 3.05) is 31.8 Å². The molecule has 1 atom stereocenters. The van der Waals surface area contributed by atoms with Gasteiger partial charge in [-0.3, -0.25) is 0 Å². The Hall–Kier alpha value is -0.910. The highest BCUT2D eigenvalue weighted by molar-refractivity contribution is 7.98. The van der Waals surface area contributed by atoms with Gasteiger partial charge in [-0.2, -0.15) is 11.8 Å². The lowest BCUT2D eigenvalue weighted by molar-refractivity contribution is 0.104. The Morgan fingerprint density at radius 2 is 2.05 bits per heavy atom. The lowest BCUT2D eigenvalue weighted by atomic mass is 10.2. The van der Waals surface area contributed by atoms with Gasteiger partial charge in [-0.25, -0.2) is 0 Å². The van der Waals surface area contributed by atoms with Crippen molar-refractivity contribution < 1.29 is 14.6 Å². The Kier molecular flexibility index (Phi) is 8.57. The largest absolute Gasteiger partial charge is 0.493 e. The van der Waals surface area contributed by atoms with E-state index in [0.29, 0.717) is 19.2 Å². The second-order valence-corrected chi connectivity index (χ2v) is 6.28. The number of aliphatic hydroxyl groups excluding tert-OH is 1. The number of thioether (sulfide) groups is 1. The lowest BCUT2D eigenvalue weighted by Crippen LogP contribution is -2.35. The summed E-state index contributed by atoms with van der Waals surface area (Å²) in [6.45, 7) is 7.61. The van der Waals surface area contributed by atoms with Crippen molar-refractivity contribution in [2.45, 2.75) is 32.9 Å². The molecular formula is C16H27NO3S. The van der Waals surface area contributed by atoms with Crippen LogP contribution < -0.4 is 14.8 Å². The zero-order chi connectivity index (χ0) is 15.7. The fourth-order valence-corrected chi connectivity index (χ4v) is 1.98. The Balaban J connectivity index is 2.41. The highest BCUT2D eigenvalue weighted by Gasteiger charge is 2.08. The van der Waals surface area contributed by atoms with E-state index in [1.54, 1.807) is 11.8 Å². The molecule has 0 bridgehead atoms. The molecule has 0 amide bonds. The monoisotopic (exact) mass is 313 g/mol. The third-order valence-corrected chi connectivity index (χ3v) is 3.47. The number of ether oxygens (including phenoxy) is 2. The van der Waals surface area contributed by atoms with E-state index in [-0.39, 0.29) is 6.61 Å². The van der Waals surface area contributed by atoms with Gasteiger partial charge >= 0.3 is 0 Å². The Labute approximate surface area is 132 Å². The van der Waals surface area contributed by atoms with Crippen LogP contribution in [-0.2, 0) is 0 Å². The number of hydrogen-bond donors (Lipinski definition) is 2. The summed E-state index contributed by atoms with van der Waals surface area (Å²) in [4.78, 5) is 0. The van der Waals surface area contributed by atoms with E-state index >= 15 is 0 Å². The molecule has 1 aromatic carbocycles. The first kappa shape index (κ1) is 18.1. The second kappa shape index (κ2) is 9.92. The molecule has 0 spiro atoms. The van der Waals surface area contributed by atoms with Crippen LogP contribution >= 0.6 is 11.8 Å². The molecule has 120 valence electrons. The van der Waals surface area contributed by atoms with Gasteiger partial charge in [0.2, 0.25) is 0 Å². The van der Waals surface area contributed by atoms with Crippen LogP contribution in [0.1, 0.15) is 19.4 Å². The van der Waals surface area contributed by atoms with Crippen molar-refractivity contribution in [3.8, 4) is 11.5 Å². The third-order valence-electron chi connectivity index (χ3n) is 2.90. The van der Waals surface area contributed by atoms with Gasteiger partial charge in [0.05, 0.1) is 6.61 Å². The molecule has 5 heteroatoms. The molecular weight excluding hydrogens is 286 g/mol. The summed E-state index contributed by atoms with van der Waals surface area (Å²) < 4.78 is 11.3. The van der Waals surface area contributed by atoms with Crippen molar-refractivity contribution in [2.24, 2.45) is 0 Å². The SMILES string of the molecule is CSCCOc1ccc(OCC(O)CNC(C)C)c(C)c1. The van der Waals surface area contributed by atoms with Crippen LogP contribution in [-0.4, -0.2) is 49.0 Å². The van der Waals surface area contributed by atoms with Crippen LogP contribution in [0.2, 0.25) is 0 Å². The van der Waals surface area contributed by atoms with Crippen LogP contribution in [0.4, 0.5) is 0 Å². The van der Waals surface area contributed by atoms with Gasteiger partial charge in [0.25, 0.3) is 0 Å². The maximum atomic E-state index is 9.83. The van der Waals surface area contributed by atoms with E-state index in [4.69, 9.17) is 9.47 Å². The number of nitrogens with one attached hydrogen (secondary N) is 1. The molecule has 1 aromatic rings. The van der Waals surface area contributed by atoms with E-state index in [9.17, 15) is 5.11 Å². The number of rotatable bonds is 10. The van der Waals surface area contributed by atoms with E-state index in [1.165, 1.54) is 0 Å². The molecule has 0 aliphatic heterocycles. The van der Waals surface area contributed by atoms with E-state index in [0.717, 1.165) is 22.8 Å². The van der Waals surface area contributed by atoms with E-state index < -0.39 is 6.10 Å². The number of aryl methyl sites for hydroxylation is 1. The first-order chi connectivity index (χ1) is 10.0. The predicted molar refractivity (Wildman–Crippen MR) is 89.7 cm³/mol. The molecule has 4 nitrogen and oxygen atoms in total. The number of benzene rings is 1. The minimum atomic E-state index is -0.510. The maximum absolute atomic E-state index is 9.83. The molecule has 0 fully saturated rings. The van der Waals surface area contributed by atoms with Crippen LogP contribution in [0.25, 0.3) is 0 Å². The summed E-state index contributed by atoms with van der Waals surface area (Å²) in [5.74, 6) is 2.62. The fourth-order valence-electron chi connectivity index (χ4n) is 1.73. The topological polar surface area (TPSA) is 50.7 Å². The van der Waals surface area contributed by atoms with E-state index in [1.807, 2.05) is 39.0 Å². The molecule has 0 aliphatic carbocycles. The second-order valence-electron chi connectivity index (χ2n) is 5.30. The standard InChI is InChI=1S/C16H27NO3S/c1-12(2)17-10-14(18)11-20-16-6-5-15(9-13(16)3)19-7-8-21-4/h5-6,9,12,14,17-18H,7-8,10-11H2,1-4H3. The quantitative estimate of drug-likeness (QED) is 0.650. The van der Waals surface area contributed by atoms with Crippen molar-refractivity contribution in [3.63, 3.8) is 0 Å². The zero-order valence-electron chi connectivity index (χ0n) is 13.4. The minimum Gasteiger partial charge on any atom is -0.493 e. The molecule has 0 radical (unpaired) electrons. The zero-order valence-corrected chi connectivity index (χ0v) is 14.2. The van der Waals surface area contributed by atoms with Gasteiger partial charge in [0, 0.05) is 18.3 Å². The molecule has 0 aliphatic rings. The van der Waals surface area contributed by atoms with Crippen molar-refractivity contribution in [1.82, 2.24) is 5.32 Å². The highest BCUT2D eigenvalue weighted by Crippen LogP contribution is 2.23. The summed E-state index contributed by atoms with van der Waals surface area (Å²) in [5.41, 5.74) is 1.01. The predicted octanol–water partition coefficient (Wildman–Crippen LogP) is 2.47. The molecule has 0 heterocycles. The Bertz CT molecular complexity index is 413. The van der Waals surface area contributed by atoms with Crippen LogP contribution in [0.15, 0.2) is 18.2 Å². The Morgan fingerprint density at radius 3 is 2.67 bits per heavy atom. The molecule has 2 N–H and O–H groups in total. The van der Waals surface area contributed by atoms with Gasteiger partial charge in [-0.05, 0) is 36.9 Å². The van der Waals surface area contributed by atoms with Crippen molar-refractivity contribution in [3.05, 3.63) is 23.8 Å². The molecule has 1 unspecified atom stereocenters. The van der Waals surface area contributed by atoms with Crippen molar-refractivity contribution in [1.29, 1.82) is 0 Å². The van der Waals surface area contributed by atoms with Gasteiger partial charge in [-0.1, -0.05) is 13.8 Å². The molecule has 0 aromatic heterocycles. The van der Waals surface area contributed by atoms with E-state index in [2.05, 4.69) is 11.6 Å². The van der Waals surface area contributed by atoms with Crippen LogP contribution in [0, 0.1) is 6.92 Å². The molecule has 0 saturated carbocycles. The minimum absolute atomic E-state index is 0.285. The number of aliphatic hydroxyl groups is 1. The average Bonchev–Trinajstić information content (AvgIpc) is 2.44. The highest BCUT2D eigenvalue weighted by atomic mass is 32.2. The summed E-state index contributed by atoms with van der Waals surface area (Å²) in [5, 5.41) is 13.0. The first-order valence-corrected chi connectivity index (χ1v) is 8.69. The van der Waals surface area contributed by atoms with Gasteiger partial charge in [0.15, 0.2) is 0 Å². The summed E-state index contributed by atoms with van der Waals surface area (Å²) in [7, 11) is 0. The summed E-state index contributed by atoms with van der Waals surface area (Å²) >= 11 is 1.76. The lowest BCUT2D eigenvalue weighted by Gasteiger charge is -2.16. The average molecular weight is 313 g/mol. The third kappa shape index (κ3) is 7.60. The summed E-state index contributed by atoms with van der Waals surface area (Å²) in [6, 6.07) is 6.13. The Morgan fingerprint density at radius 1 is 1.29 bits per heavy atom. The molecule has 21 heavy (non-hydrogen) atoms. The molecule has 1 rings (SSSR count). The normalized spacial score (nSPS) is 12.5. The first-order valence-electron chi connectivity index (χ1n) is 7.29.